The standard InChI is InChI=1S/C16H19F2N5O4/c1-10(25)21-6-12-7-23(16(26)27-12)11-4-13(17)15(14(18)5-11)22(8-19)3-2-20-9-24/h4-5,8-9,12,19H,2-3,6-7H2,1H3,(H,20,24)(H,21,25)/t12-/m0/s1. The largest absolute Gasteiger partial charge is 0.442 e. The predicted octanol–water partition coefficient (Wildman–Crippen LogP) is 0.586. The van der Waals surface area contributed by atoms with E-state index >= 15 is 0 Å². The Morgan fingerprint density at radius 3 is 2.67 bits per heavy atom. The van der Waals surface area contributed by atoms with Crippen molar-refractivity contribution < 1.29 is 27.9 Å². The number of carbonyl (C=O) groups is 3. The molecule has 9 nitrogen and oxygen atoms in total. The van der Waals surface area contributed by atoms with Crippen LogP contribution in [0, 0.1) is 17.0 Å². The van der Waals surface area contributed by atoms with Gasteiger partial charge in [0.15, 0.2) is 11.6 Å². The molecule has 3 amide bonds. The zero-order valence-corrected chi connectivity index (χ0v) is 14.5. The van der Waals surface area contributed by atoms with E-state index in [1.165, 1.54) is 6.92 Å². The number of hydrogen-bond donors (Lipinski definition) is 3. The summed E-state index contributed by atoms with van der Waals surface area (Å²) < 4.78 is 34.0. The molecule has 1 fully saturated rings. The van der Waals surface area contributed by atoms with E-state index in [1.54, 1.807) is 0 Å². The molecule has 0 spiro atoms. The average molecular weight is 383 g/mol. The van der Waals surface area contributed by atoms with Crippen molar-refractivity contribution in [2.24, 2.45) is 0 Å². The number of amides is 3. The SMILES string of the molecule is CC(=O)NC[C@H]1CN(c2cc(F)c(N(C=N)CCNC=O)c(F)c2)C(=O)O1. The van der Waals surface area contributed by atoms with Crippen LogP contribution in [-0.4, -0.2) is 57.0 Å². The van der Waals surface area contributed by atoms with Crippen LogP contribution >= 0.6 is 0 Å². The summed E-state index contributed by atoms with van der Waals surface area (Å²) in [5, 5.41) is 12.2. The molecular formula is C16H19F2N5O4. The van der Waals surface area contributed by atoms with Crippen molar-refractivity contribution in [1.82, 2.24) is 10.6 Å². The molecule has 2 rings (SSSR count). The summed E-state index contributed by atoms with van der Waals surface area (Å²) in [7, 11) is 0. The third-order valence-electron chi connectivity index (χ3n) is 3.79. The van der Waals surface area contributed by atoms with E-state index in [0.717, 1.165) is 28.3 Å². The van der Waals surface area contributed by atoms with Crippen molar-refractivity contribution in [2.45, 2.75) is 13.0 Å². The van der Waals surface area contributed by atoms with Crippen molar-refractivity contribution in [3.05, 3.63) is 23.8 Å². The highest BCUT2D eigenvalue weighted by Crippen LogP contribution is 2.30. The number of halogens is 2. The highest BCUT2D eigenvalue weighted by Gasteiger charge is 2.33. The number of hydrogen-bond acceptors (Lipinski definition) is 5. The highest BCUT2D eigenvalue weighted by atomic mass is 19.1. The first-order valence-corrected chi connectivity index (χ1v) is 8.03. The maximum atomic E-state index is 14.5. The normalized spacial score (nSPS) is 15.9. The number of anilines is 2. The van der Waals surface area contributed by atoms with Gasteiger partial charge in [-0.05, 0) is 0 Å². The fraction of sp³-hybridized carbons (Fsp3) is 0.375. The molecule has 0 bridgehead atoms. The van der Waals surface area contributed by atoms with Crippen LogP contribution in [0.4, 0.5) is 25.0 Å². The van der Waals surface area contributed by atoms with E-state index in [4.69, 9.17) is 10.1 Å². The molecule has 1 atom stereocenters. The Hall–Kier alpha value is -3.24. The summed E-state index contributed by atoms with van der Waals surface area (Å²) in [6.07, 6.45) is -0.245. The zero-order chi connectivity index (χ0) is 20.0. The van der Waals surface area contributed by atoms with Gasteiger partial charge >= 0.3 is 6.09 Å². The summed E-state index contributed by atoms with van der Waals surface area (Å²) in [5.74, 6) is -2.24. The number of ether oxygens (including phenoxy) is 1. The van der Waals surface area contributed by atoms with Crippen LogP contribution in [0.1, 0.15) is 6.92 Å². The molecule has 11 heteroatoms. The van der Waals surface area contributed by atoms with Gasteiger partial charge in [0.05, 0.1) is 25.1 Å². The van der Waals surface area contributed by atoms with Gasteiger partial charge in [-0.15, -0.1) is 0 Å². The molecule has 146 valence electrons. The van der Waals surface area contributed by atoms with Gasteiger partial charge in [-0.1, -0.05) is 0 Å². The van der Waals surface area contributed by atoms with Gasteiger partial charge in [0, 0.05) is 32.1 Å². The Bertz CT molecular complexity index is 723. The van der Waals surface area contributed by atoms with Gasteiger partial charge in [-0.25, -0.2) is 13.6 Å². The molecule has 3 N–H and O–H groups in total. The minimum Gasteiger partial charge on any atom is -0.442 e. The lowest BCUT2D eigenvalue weighted by Gasteiger charge is -2.22. The molecule has 27 heavy (non-hydrogen) atoms. The molecule has 1 aromatic rings. The lowest BCUT2D eigenvalue weighted by Crippen LogP contribution is -2.33. The summed E-state index contributed by atoms with van der Waals surface area (Å²) in [6, 6.07) is 1.92. The molecule has 1 heterocycles. The molecule has 1 aliphatic heterocycles. The monoisotopic (exact) mass is 383 g/mol. The maximum absolute atomic E-state index is 14.5. The van der Waals surface area contributed by atoms with E-state index in [2.05, 4.69) is 10.6 Å². The summed E-state index contributed by atoms with van der Waals surface area (Å²) in [5.41, 5.74) is -0.510. The van der Waals surface area contributed by atoms with Crippen molar-refractivity contribution >= 4 is 36.1 Å². The Morgan fingerprint density at radius 2 is 2.11 bits per heavy atom. The molecule has 0 radical (unpaired) electrons. The molecule has 1 aromatic carbocycles. The fourth-order valence-corrected chi connectivity index (χ4v) is 2.56. The Labute approximate surface area is 153 Å². The molecule has 0 saturated carbocycles. The zero-order valence-electron chi connectivity index (χ0n) is 14.5. The van der Waals surface area contributed by atoms with Gasteiger partial charge in [-0.2, -0.15) is 0 Å². The Kier molecular flexibility index (Phi) is 6.63. The summed E-state index contributed by atoms with van der Waals surface area (Å²) >= 11 is 0. The first kappa shape index (κ1) is 20.1. The van der Waals surface area contributed by atoms with E-state index in [0.29, 0.717) is 6.41 Å². The van der Waals surface area contributed by atoms with Crippen molar-refractivity contribution in [3.8, 4) is 0 Å². The first-order chi connectivity index (χ1) is 12.9. The molecule has 0 aromatic heterocycles. The lowest BCUT2D eigenvalue weighted by molar-refractivity contribution is -0.119. The quantitative estimate of drug-likeness (QED) is 0.250. The second-order valence-corrected chi connectivity index (χ2v) is 5.71. The van der Waals surface area contributed by atoms with E-state index in [9.17, 15) is 23.2 Å². The van der Waals surface area contributed by atoms with Crippen LogP contribution in [-0.2, 0) is 14.3 Å². The minimum absolute atomic E-state index is 0.0139. The second kappa shape index (κ2) is 8.92. The van der Waals surface area contributed by atoms with Gasteiger partial charge in [0.2, 0.25) is 12.3 Å². The van der Waals surface area contributed by atoms with Crippen LogP contribution in [0.3, 0.4) is 0 Å². The summed E-state index contributed by atoms with van der Waals surface area (Å²) in [6.45, 7) is 1.50. The second-order valence-electron chi connectivity index (χ2n) is 5.71. The lowest BCUT2D eigenvalue weighted by atomic mass is 10.2. The van der Waals surface area contributed by atoms with E-state index in [1.807, 2.05) is 0 Å². The van der Waals surface area contributed by atoms with Gasteiger partial charge in [-0.3, -0.25) is 19.9 Å². The molecule has 0 unspecified atom stereocenters. The number of carbonyl (C=O) groups excluding carboxylic acids is 3. The first-order valence-electron chi connectivity index (χ1n) is 8.03. The number of nitrogens with one attached hydrogen (secondary N) is 3. The minimum atomic E-state index is -0.974. The van der Waals surface area contributed by atoms with Crippen molar-refractivity contribution in [2.75, 3.05) is 36.0 Å². The third-order valence-corrected chi connectivity index (χ3v) is 3.79. The fourth-order valence-electron chi connectivity index (χ4n) is 2.56. The van der Waals surface area contributed by atoms with Crippen LogP contribution in [0.15, 0.2) is 12.1 Å². The average Bonchev–Trinajstić information content (AvgIpc) is 2.98. The highest BCUT2D eigenvalue weighted by molar-refractivity contribution is 5.90. The van der Waals surface area contributed by atoms with Crippen LogP contribution < -0.4 is 20.4 Å². The van der Waals surface area contributed by atoms with Gasteiger partial charge < -0.3 is 20.3 Å². The van der Waals surface area contributed by atoms with Crippen LogP contribution in [0.25, 0.3) is 0 Å². The van der Waals surface area contributed by atoms with E-state index in [-0.39, 0.29) is 37.8 Å². The summed E-state index contributed by atoms with van der Waals surface area (Å²) in [4.78, 5) is 35.2. The van der Waals surface area contributed by atoms with Crippen molar-refractivity contribution in [3.63, 3.8) is 0 Å². The number of benzene rings is 1. The topological polar surface area (TPSA) is 115 Å². The smallest absolute Gasteiger partial charge is 0.414 e. The molecule has 1 saturated heterocycles. The van der Waals surface area contributed by atoms with Crippen molar-refractivity contribution in [1.29, 1.82) is 5.41 Å². The molecule has 0 aliphatic carbocycles. The third kappa shape index (κ3) is 4.90. The molecule has 1 aliphatic rings. The number of rotatable bonds is 9. The van der Waals surface area contributed by atoms with Crippen LogP contribution in [0.2, 0.25) is 0 Å². The predicted molar refractivity (Wildman–Crippen MR) is 92.9 cm³/mol. The molecular weight excluding hydrogens is 364 g/mol. The van der Waals surface area contributed by atoms with Gasteiger partial charge in [0.1, 0.15) is 11.8 Å². The number of cyclic esters (lactones) is 1. The Morgan fingerprint density at radius 1 is 1.44 bits per heavy atom. The number of nitrogens with zero attached hydrogens (tertiary/aromatic N) is 2. The maximum Gasteiger partial charge on any atom is 0.414 e. The van der Waals surface area contributed by atoms with Crippen LogP contribution in [0.5, 0.6) is 0 Å². The Balaban J connectivity index is 2.18. The van der Waals surface area contributed by atoms with E-state index < -0.39 is 29.5 Å². The van der Waals surface area contributed by atoms with Gasteiger partial charge in [0.25, 0.3) is 0 Å².